The summed E-state index contributed by atoms with van der Waals surface area (Å²) in [5.41, 5.74) is 5.94. The van der Waals surface area contributed by atoms with Crippen molar-refractivity contribution in [1.82, 2.24) is 15.0 Å². The van der Waals surface area contributed by atoms with E-state index in [1.54, 1.807) is 6.92 Å². The Morgan fingerprint density at radius 2 is 2.20 bits per heavy atom. The molecule has 2 N–H and O–H groups in total. The zero-order valence-corrected chi connectivity index (χ0v) is 13.0. The Morgan fingerprint density at radius 3 is 2.75 bits per heavy atom. The lowest BCUT2D eigenvalue weighted by Crippen LogP contribution is -2.49. The molecule has 1 fully saturated rings. The van der Waals surface area contributed by atoms with Crippen LogP contribution in [-0.4, -0.2) is 40.1 Å². The molecule has 0 bridgehead atoms. The first-order chi connectivity index (χ1) is 8.99. The first-order valence-corrected chi connectivity index (χ1v) is 6.83. The van der Waals surface area contributed by atoms with Crippen LogP contribution in [0.25, 0.3) is 0 Å². The van der Waals surface area contributed by atoms with Crippen LogP contribution in [0.1, 0.15) is 44.3 Å². The molecule has 0 radical (unpaired) electrons. The number of likely N-dealkylation sites (tertiary alicyclic amines) is 1. The Labute approximate surface area is 125 Å². The normalized spacial score (nSPS) is 20.6. The van der Waals surface area contributed by atoms with Gasteiger partial charge in [-0.1, -0.05) is 19.0 Å². The van der Waals surface area contributed by atoms with Crippen molar-refractivity contribution in [1.29, 1.82) is 0 Å². The maximum absolute atomic E-state index is 12.3. The average molecular weight is 303 g/mol. The van der Waals surface area contributed by atoms with Gasteiger partial charge in [-0.05, 0) is 25.7 Å². The minimum atomic E-state index is -0.428. The second-order valence-corrected chi connectivity index (χ2v) is 5.57. The van der Waals surface area contributed by atoms with E-state index < -0.39 is 6.04 Å². The fourth-order valence-electron chi connectivity index (χ4n) is 2.35. The Hall–Kier alpha value is -1.14. The van der Waals surface area contributed by atoms with Crippen molar-refractivity contribution in [2.75, 3.05) is 13.1 Å². The smallest absolute Gasteiger partial charge is 0.239 e. The summed E-state index contributed by atoms with van der Waals surface area (Å²) in [5, 5.41) is 3.81. The first-order valence-electron chi connectivity index (χ1n) is 6.83. The van der Waals surface area contributed by atoms with E-state index in [1.165, 1.54) is 0 Å². The van der Waals surface area contributed by atoms with E-state index >= 15 is 0 Å². The lowest BCUT2D eigenvalue weighted by molar-refractivity contribution is -0.134. The highest BCUT2D eigenvalue weighted by Gasteiger charge is 2.31. The Morgan fingerprint density at radius 1 is 1.50 bits per heavy atom. The highest BCUT2D eigenvalue weighted by Crippen LogP contribution is 2.26. The van der Waals surface area contributed by atoms with Crippen LogP contribution in [0.2, 0.25) is 0 Å². The second kappa shape index (κ2) is 7.04. The topological polar surface area (TPSA) is 85.2 Å². The number of nitrogens with zero attached hydrogens (tertiary/aromatic N) is 3. The molecule has 1 aliphatic rings. The van der Waals surface area contributed by atoms with Gasteiger partial charge in [0.15, 0.2) is 5.82 Å². The Bertz CT molecular complexity index is 449. The van der Waals surface area contributed by atoms with Gasteiger partial charge < -0.3 is 15.2 Å². The number of amides is 1. The van der Waals surface area contributed by atoms with Gasteiger partial charge in [0.2, 0.25) is 11.8 Å². The van der Waals surface area contributed by atoms with E-state index in [4.69, 9.17) is 10.3 Å². The number of rotatable bonds is 3. The fourth-order valence-corrected chi connectivity index (χ4v) is 2.35. The molecule has 1 amide bonds. The molecule has 20 heavy (non-hydrogen) atoms. The number of carbonyl (C=O) groups excluding carboxylic acids is 1. The van der Waals surface area contributed by atoms with Gasteiger partial charge in [0.1, 0.15) is 0 Å². The van der Waals surface area contributed by atoms with Gasteiger partial charge in [0.05, 0.1) is 12.0 Å². The third-order valence-electron chi connectivity index (χ3n) is 3.63. The standard InChI is InChI=1S/C13H22N4O2.ClH/c1-8(2)11(14)13(18)17-6-4-5-10(7-17)12-15-9(3)16-19-12;/h8,10-11H,4-7,14H2,1-3H3;1H. The van der Waals surface area contributed by atoms with Gasteiger partial charge in [-0.3, -0.25) is 4.79 Å². The lowest BCUT2D eigenvalue weighted by atomic mass is 9.96. The van der Waals surface area contributed by atoms with E-state index in [0.29, 0.717) is 18.3 Å². The molecular formula is C13H23ClN4O2. The van der Waals surface area contributed by atoms with Crippen LogP contribution in [0.15, 0.2) is 4.52 Å². The van der Waals surface area contributed by atoms with Crippen LogP contribution >= 0.6 is 12.4 Å². The first kappa shape index (κ1) is 16.9. The molecule has 2 unspecified atom stereocenters. The van der Waals surface area contributed by atoms with Crippen LogP contribution in [-0.2, 0) is 4.79 Å². The summed E-state index contributed by atoms with van der Waals surface area (Å²) in [5.74, 6) is 1.58. The molecule has 1 aromatic rings. The highest BCUT2D eigenvalue weighted by atomic mass is 35.5. The van der Waals surface area contributed by atoms with Crippen LogP contribution in [0.4, 0.5) is 0 Å². The second-order valence-electron chi connectivity index (χ2n) is 5.57. The summed E-state index contributed by atoms with van der Waals surface area (Å²) in [6.45, 7) is 7.12. The molecule has 0 spiro atoms. The molecule has 1 saturated heterocycles. The number of halogens is 1. The summed E-state index contributed by atoms with van der Waals surface area (Å²) in [6.07, 6.45) is 1.92. The predicted molar refractivity (Wildman–Crippen MR) is 77.7 cm³/mol. The van der Waals surface area contributed by atoms with Gasteiger partial charge in [-0.2, -0.15) is 4.98 Å². The predicted octanol–water partition coefficient (Wildman–Crippen LogP) is 1.49. The summed E-state index contributed by atoms with van der Waals surface area (Å²) in [6, 6.07) is -0.428. The molecule has 6 nitrogen and oxygen atoms in total. The summed E-state index contributed by atoms with van der Waals surface area (Å²) < 4.78 is 5.21. The molecule has 0 aliphatic carbocycles. The maximum Gasteiger partial charge on any atom is 0.239 e. The van der Waals surface area contributed by atoms with Crippen molar-refractivity contribution >= 4 is 18.3 Å². The van der Waals surface area contributed by atoms with Crippen molar-refractivity contribution in [3.8, 4) is 0 Å². The molecule has 2 rings (SSSR count). The largest absolute Gasteiger partial charge is 0.341 e. The molecule has 2 atom stereocenters. The van der Waals surface area contributed by atoms with Crippen molar-refractivity contribution in [3.63, 3.8) is 0 Å². The number of hydrogen-bond acceptors (Lipinski definition) is 5. The average Bonchev–Trinajstić information content (AvgIpc) is 2.84. The zero-order valence-electron chi connectivity index (χ0n) is 12.2. The van der Waals surface area contributed by atoms with Gasteiger partial charge in [-0.15, -0.1) is 12.4 Å². The number of aryl methyl sites for hydroxylation is 1. The molecule has 2 heterocycles. The minimum absolute atomic E-state index is 0. The maximum atomic E-state index is 12.3. The van der Waals surface area contributed by atoms with Crippen LogP contribution < -0.4 is 5.73 Å². The highest BCUT2D eigenvalue weighted by molar-refractivity contribution is 5.85. The summed E-state index contributed by atoms with van der Waals surface area (Å²) >= 11 is 0. The molecule has 1 aromatic heterocycles. The number of piperidine rings is 1. The quantitative estimate of drug-likeness (QED) is 0.914. The minimum Gasteiger partial charge on any atom is -0.341 e. The molecule has 1 aliphatic heterocycles. The van der Waals surface area contributed by atoms with Gasteiger partial charge >= 0.3 is 0 Å². The third-order valence-corrected chi connectivity index (χ3v) is 3.63. The van der Waals surface area contributed by atoms with Crippen LogP contribution in [0.5, 0.6) is 0 Å². The van der Waals surface area contributed by atoms with Crippen molar-refractivity contribution < 1.29 is 9.32 Å². The van der Waals surface area contributed by atoms with Crippen LogP contribution in [0, 0.1) is 12.8 Å². The molecule has 114 valence electrons. The van der Waals surface area contributed by atoms with E-state index in [-0.39, 0.29) is 30.2 Å². The Kier molecular flexibility index (Phi) is 5.95. The van der Waals surface area contributed by atoms with E-state index in [9.17, 15) is 4.79 Å². The number of aromatic nitrogens is 2. The van der Waals surface area contributed by atoms with Crippen LogP contribution in [0.3, 0.4) is 0 Å². The molecular weight excluding hydrogens is 280 g/mol. The molecule has 0 aromatic carbocycles. The van der Waals surface area contributed by atoms with E-state index in [2.05, 4.69) is 10.1 Å². The SMILES string of the molecule is Cc1noc(C2CCCN(C(=O)C(N)C(C)C)C2)n1.Cl. The zero-order chi connectivity index (χ0) is 14.0. The van der Waals surface area contributed by atoms with Gasteiger partial charge in [0.25, 0.3) is 0 Å². The third kappa shape index (κ3) is 3.70. The number of carbonyl (C=O) groups is 1. The monoisotopic (exact) mass is 302 g/mol. The summed E-state index contributed by atoms with van der Waals surface area (Å²) in [7, 11) is 0. The lowest BCUT2D eigenvalue weighted by Gasteiger charge is -2.33. The number of nitrogens with two attached hydrogens (primary N) is 1. The molecule has 7 heteroatoms. The van der Waals surface area contributed by atoms with E-state index in [0.717, 1.165) is 19.4 Å². The summed E-state index contributed by atoms with van der Waals surface area (Å²) in [4.78, 5) is 18.3. The Balaban J connectivity index is 0.00000200. The van der Waals surface area contributed by atoms with Crippen molar-refractivity contribution in [3.05, 3.63) is 11.7 Å². The van der Waals surface area contributed by atoms with E-state index in [1.807, 2.05) is 18.7 Å². The van der Waals surface area contributed by atoms with Crippen molar-refractivity contribution in [2.45, 2.75) is 45.6 Å². The van der Waals surface area contributed by atoms with Gasteiger partial charge in [-0.25, -0.2) is 0 Å². The van der Waals surface area contributed by atoms with Crippen molar-refractivity contribution in [2.24, 2.45) is 11.7 Å². The fraction of sp³-hybridized carbons (Fsp3) is 0.769. The number of hydrogen-bond donors (Lipinski definition) is 1. The van der Waals surface area contributed by atoms with Gasteiger partial charge in [0, 0.05) is 13.1 Å². The molecule has 0 saturated carbocycles.